The van der Waals surface area contributed by atoms with Crippen molar-refractivity contribution in [3.05, 3.63) is 65.5 Å². The van der Waals surface area contributed by atoms with Gasteiger partial charge in [-0.05, 0) is 54.9 Å². The van der Waals surface area contributed by atoms with Gasteiger partial charge in [-0.25, -0.2) is 0 Å². The quantitative estimate of drug-likeness (QED) is 0.632. The van der Waals surface area contributed by atoms with Gasteiger partial charge < -0.3 is 10.4 Å². The molecule has 1 fully saturated rings. The summed E-state index contributed by atoms with van der Waals surface area (Å²) >= 11 is 0. The number of halogens is 6. The van der Waals surface area contributed by atoms with Crippen molar-refractivity contribution in [2.45, 2.75) is 62.0 Å². The van der Waals surface area contributed by atoms with Crippen molar-refractivity contribution < 1.29 is 36.2 Å². The van der Waals surface area contributed by atoms with Crippen molar-refractivity contribution in [3.63, 3.8) is 0 Å². The Bertz CT molecular complexity index is 891. The molecule has 1 aromatic carbocycles. The van der Waals surface area contributed by atoms with E-state index in [2.05, 4.69) is 10.3 Å². The van der Waals surface area contributed by atoms with Crippen LogP contribution in [0.5, 0.6) is 0 Å². The number of aromatic nitrogens is 1. The van der Waals surface area contributed by atoms with E-state index in [0.29, 0.717) is 43.4 Å². The molecule has 0 atom stereocenters. The van der Waals surface area contributed by atoms with E-state index in [1.807, 2.05) is 0 Å². The molecule has 0 saturated heterocycles. The molecule has 4 nitrogen and oxygen atoms in total. The highest BCUT2D eigenvalue weighted by Gasteiger charge is 2.71. The zero-order valence-corrected chi connectivity index (χ0v) is 16.9. The molecule has 174 valence electrons. The smallest absolute Gasteiger partial charge is 0.369 e. The second-order valence-electron chi connectivity index (χ2n) is 7.98. The third-order valence-electron chi connectivity index (χ3n) is 5.83. The van der Waals surface area contributed by atoms with Gasteiger partial charge in [0.25, 0.3) is 5.60 Å². The van der Waals surface area contributed by atoms with E-state index >= 15 is 0 Å². The molecule has 32 heavy (non-hydrogen) atoms. The van der Waals surface area contributed by atoms with E-state index in [1.165, 1.54) is 12.1 Å². The van der Waals surface area contributed by atoms with Gasteiger partial charge in [-0.2, -0.15) is 26.3 Å². The first-order chi connectivity index (χ1) is 14.9. The predicted molar refractivity (Wildman–Crippen MR) is 104 cm³/mol. The van der Waals surface area contributed by atoms with Crippen molar-refractivity contribution in [1.82, 2.24) is 10.3 Å². The van der Waals surface area contributed by atoms with Crippen LogP contribution in [0.3, 0.4) is 0 Å². The number of hydrogen-bond acceptors (Lipinski definition) is 3. The first-order valence-electron chi connectivity index (χ1n) is 10.1. The van der Waals surface area contributed by atoms with E-state index in [4.69, 9.17) is 0 Å². The molecular formula is C22H22F6N2O2. The maximum atomic E-state index is 13.0. The molecule has 2 N–H and O–H groups in total. The standard InChI is InChI=1S/C22H22F6N2O2/c23-21(24,25)20(32,22(26,27)28)17-5-1-15(2-6-17)16-3-7-18(8-4-16)30-19(31)13-14-9-11-29-12-10-14/h1-2,5-6,9-12,16,18,32H,3-4,7-8,13H2,(H,30,31)/t16-,18-. The zero-order chi connectivity index (χ0) is 23.6. The molecule has 1 aliphatic rings. The monoisotopic (exact) mass is 460 g/mol. The average molecular weight is 460 g/mol. The van der Waals surface area contributed by atoms with Crippen LogP contribution in [0.15, 0.2) is 48.8 Å². The number of pyridine rings is 1. The maximum absolute atomic E-state index is 13.0. The van der Waals surface area contributed by atoms with Gasteiger partial charge in [0, 0.05) is 24.0 Å². The molecule has 2 aromatic rings. The Hall–Kier alpha value is -2.62. The topological polar surface area (TPSA) is 62.2 Å². The summed E-state index contributed by atoms with van der Waals surface area (Å²) in [6.45, 7) is 0. The van der Waals surface area contributed by atoms with Gasteiger partial charge >= 0.3 is 12.4 Å². The van der Waals surface area contributed by atoms with Gasteiger partial charge in [-0.15, -0.1) is 0 Å². The summed E-state index contributed by atoms with van der Waals surface area (Å²) in [5, 5.41) is 12.4. The predicted octanol–water partition coefficient (Wildman–Crippen LogP) is 4.78. The lowest BCUT2D eigenvalue weighted by Gasteiger charge is -2.33. The van der Waals surface area contributed by atoms with E-state index in [1.54, 1.807) is 24.5 Å². The van der Waals surface area contributed by atoms with E-state index in [0.717, 1.165) is 5.56 Å². The third kappa shape index (κ3) is 5.06. The Morgan fingerprint density at radius 3 is 1.94 bits per heavy atom. The highest BCUT2D eigenvalue weighted by atomic mass is 19.4. The number of carbonyl (C=O) groups excluding carboxylic acids is 1. The molecule has 1 amide bonds. The van der Waals surface area contributed by atoms with Gasteiger partial charge in [0.15, 0.2) is 0 Å². The fourth-order valence-electron chi connectivity index (χ4n) is 4.02. The molecule has 0 aliphatic heterocycles. The summed E-state index contributed by atoms with van der Waals surface area (Å²) in [5.41, 5.74) is -4.75. The normalized spacial score (nSPS) is 20.1. The number of hydrogen-bond donors (Lipinski definition) is 2. The number of rotatable bonds is 5. The van der Waals surface area contributed by atoms with Crippen LogP contribution < -0.4 is 5.32 Å². The summed E-state index contributed by atoms with van der Waals surface area (Å²) in [5.74, 6) is -0.176. The molecule has 0 spiro atoms. The molecule has 3 rings (SSSR count). The van der Waals surface area contributed by atoms with Crippen LogP contribution in [-0.4, -0.2) is 34.4 Å². The van der Waals surface area contributed by atoms with Crippen LogP contribution in [0, 0.1) is 0 Å². The lowest BCUT2D eigenvalue weighted by molar-refractivity contribution is -0.376. The van der Waals surface area contributed by atoms with Gasteiger partial charge in [-0.3, -0.25) is 9.78 Å². The van der Waals surface area contributed by atoms with Crippen molar-refractivity contribution in [1.29, 1.82) is 0 Å². The third-order valence-corrected chi connectivity index (χ3v) is 5.83. The number of alkyl halides is 6. The largest absolute Gasteiger partial charge is 0.430 e. The zero-order valence-electron chi connectivity index (χ0n) is 16.9. The molecular weight excluding hydrogens is 438 g/mol. The summed E-state index contributed by atoms with van der Waals surface area (Å²) < 4.78 is 78.1. The van der Waals surface area contributed by atoms with Crippen molar-refractivity contribution >= 4 is 5.91 Å². The van der Waals surface area contributed by atoms with Crippen LogP contribution in [0.2, 0.25) is 0 Å². The van der Waals surface area contributed by atoms with Crippen LogP contribution in [0.1, 0.15) is 48.3 Å². The fourth-order valence-corrected chi connectivity index (χ4v) is 4.02. The number of aliphatic hydroxyl groups is 1. The Morgan fingerprint density at radius 2 is 1.44 bits per heavy atom. The Labute approximate surface area is 180 Å². The molecule has 1 aromatic heterocycles. The minimum Gasteiger partial charge on any atom is -0.369 e. The highest BCUT2D eigenvalue weighted by Crippen LogP contribution is 2.50. The molecule has 1 heterocycles. The maximum Gasteiger partial charge on any atom is 0.430 e. The van der Waals surface area contributed by atoms with E-state index < -0.39 is 23.5 Å². The van der Waals surface area contributed by atoms with E-state index in [9.17, 15) is 36.2 Å². The minimum atomic E-state index is -5.90. The molecule has 10 heteroatoms. The van der Waals surface area contributed by atoms with Crippen molar-refractivity contribution in [3.8, 4) is 0 Å². The first-order valence-corrected chi connectivity index (χ1v) is 10.1. The summed E-state index contributed by atoms with van der Waals surface area (Å²) in [4.78, 5) is 16.1. The van der Waals surface area contributed by atoms with Crippen LogP contribution in [0.4, 0.5) is 26.3 Å². The molecule has 1 saturated carbocycles. The number of amides is 1. The highest BCUT2D eigenvalue weighted by molar-refractivity contribution is 5.78. The van der Waals surface area contributed by atoms with Crippen molar-refractivity contribution in [2.24, 2.45) is 0 Å². The number of benzene rings is 1. The number of nitrogens with one attached hydrogen (secondary N) is 1. The van der Waals surface area contributed by atoms with Gasteiger partial charge in [0.2, 0.25) is 5.91 Å². The average Bonchev–Trinajstić information content (AvgIpc) is 2.73. The summed E-state index contributed by atoms with van der Waals surface area (Å²) in [6.07, 6.45) is -5.84. The fraction of sp³-hybridized carbons (Fsp3) is 0.455. The summed E-state index contributed by atoms with van der Waals surface area (Å²) in [7, 11) is 0. The van der Waals surface area contributed by atoms with Gasteiger partial charge in [0.05, 0.1) is 6.42 Å². The van der Waals surface area contributed by atoms with E-state index in [-0.39, 0.29) is 24.3 Å². The SMILES string of the molecule is O=C(Cc1ccncc1)N[C@H]1CC[C@H](c2ccc(C(O)(C(F)(F)F)C(F)(F)F)cc2)CC1. The van der Waals surface area contributed by atoms with Crippen molar-refractivity contribution in [2.75, 3.05) is 0 Å². The lowest BCUT2D eigenvalue weighted by atomic mass is 9.80. The Morgan fingerprint density at radius 1 is 0.906 bits per heavy atom. The molecule has 0 radical (unpaired) electrons. The Kier molecular flexibility index (Phi) is 6.83. The minimum absolute atomic E-state index is 0.0413. The van der Waals surface area contributed by atoms with Crippen LogP contribution in [-0.2, 0) is 16.8 Å². The molecule has 0 unspecified atom stereocenters. The van der Waals surface area contributed by atoms with Gasteiger partial charge in [0.1, 0.15) is 0 Å². The Balaban J connectivity index is 1.60. The molecule has 1 aliphatic carbocycles. The lowest BCUT2D eigenvalue weighted by Crippen LogP contribution is -2.53. The molecule has 0 bridgehead atoms. The first kappa shape index (κ1) is 24.0. The number of carbonyl (C=O) groups is 1. The van der Waals surface area contributed by atoms with Crippen LogP contribution >= 0.6 is 0 Å². The summed E-state index contributed by atoms with van der Waals surface area (Å²) in [6, 6.07) is 7.21. The second-order valence-corrected chi connectivity index (χ2v) is 7.98. The number of nitrogens with zero attached hydrogens (tertiary/aromatic N) is 1. The second kappa shape index (κ2) is 9.09. The van der Waals surface area contributed by atoms with Crippen LogP contribution in [0.25, 0.3) is 0 Å². The van der Waals surface area contributed by atoms with Gasteiger partial charge in [-0.1, -0.05) is 24.3 Å².